The average Bonchev–Trinajstić information content (AvgIpc) is 2.74. The number of hydrogen-bond acceptors (Lipinski definition) is 8. The number of allylic oxidation sites excluding steroid dienone is 1. The predicted octanol–water partition coefficient (Wildman–Crippen LogP) is 3.99. The average molecular weight is 542 g/mol. The molecule has 0 aromatic heterocycles. The lowest BCUT2D eigenvalue weighted by Gasteiger charge is -2.41. The van der Waals surface area contributed by atoms with Crippen LogP contribution in [0.25, 0.3) is 0 Å². The number of hydrogen-bond donors (Lipinski definition) is 1. The summed E-state index contributed by atoms with van der Waals surface area (Å²) in [6.07, 6.45) is 0.296. The molecule has 0 bridgehead atoms. The summed E-state index contributed by atoms with van der Waals surface area (Å²) in [4.78, 5) is 12.5. The van der Waals surface area contributed by atoms with E-state index in [1.165, 1.54) is 48.5 Å². The first-order valence-electron chi connectivity index (χ1n) is 10.8. The minimum Gasteiger partial charge on any atom is -0.304 e. The van der Waals surface area contributed by atoms with Gasteiger partial charge in [-0.1, -0.05) is 42.5 Å². The third-order valence-corrected chi connectivity index (χ3v) is 10.3. The minimum absolute atomic E-state index is 0.0351. The Bertz CT molecular complexity index is 1400. The molecule has 0 aliphatic heterocycles. The van der Waals surface area contributed by atoms with Crippen molar-refractivity contribution in [3.05, 3.63) is 76.7 Å². The van der Waals surface area contributed by atoms with Crippen LogP contribution >= 0.6 is 7.60 Å². The third-order valence-electron chi connectivity index (χ3n) is 4.96. The van der Waals surface area contributed by atoms with E-state index < -0.39 is 55.6 Å². The monoisotopic (exact) mass is 541 g/mol. The van der Waals surface area contributed by atoms with Crippen LogP contribution < -0.4 is 4.72 Å². The number of Topliss-reactive ketones (excluding diaryl/α,β-unsaturated/α-hetero) is 1. The Morgan fingerprint density at radius 1 is 0.857 bits per heavy atom. The highest BCUT2D eigenvalue weighted by atomic mass is 32.2. The Hall–Kier alpha value is -2.14. The molecule has 1 aliphatic rings. The van der Waals surface area contributed by atoms with Gasteiger partial charge in [-0.15, -0.1) is 0 Å². The number of rotatable bonds is 9. The summed E-state index contributed by atoms with van der Waals surface area (Å²) in [7, 11) is -13.2. The zero-order valence-corrected chi connectivity index (χ0v) is 22.5. The molecule has 0 radical (unpaired) electrons. The molecule has 35 heavy (non-hydrogen) atoms. The highest BCUT2D eigenvalue weighted by Crippen LogP contribution is 2.67. The molecular weight excluding hydrogens is 513 g/mol. The number of fused-ring (bicyclic) bond motifs is 1. The summed E-state index contributed by atoms with van der Waals surface area (Å²) < 4.78 is 80.8. The SMILES string of the molecule is CC(C)OP(=O)(OC(C)C)C1(NS(C)(=O)=O)C=C(S(=O)(=O)c2ccccc2)C(=O)c2ccccc21. The van der Waals surface area contributed by atoms with Gasteiger partial charge in [-0.3, -0.25) is 9.36 Å². The molecule has 2 aromatic rings. The van der Waals surface area contributed by atoms with E-state index in [0.29, 0.717) is 0 Å². The molecule has 190 valence electrons. The Labute approximate surface area is 206 Å². The van der Waals surface area contributed by atoms with Crippen LogP contribution in [0, 0.1) is 0 Å². The van der Waals surface area contributed by atoms with Crippen molar-refractivity contribution in [3.63, 3.8) is 0 Å². The van der Waals surface area contributed by atoms with Crippen molar-refractivity contribution in [1.82, 2.24) is 4.72 Å². The number of ketones is 1. The smallest absolute Gasteiger partial charge is 0.304 e. The second-order valence-electron chi connectivity index (χ2n) is 8.65. The lowest BCUT2D eigenvalue weighted by molar-refractivity contribution is 0.103. The zero-order chi connectivity index (χ0) is 26.2. The molecule has 0 saturated carbocycles. The molecule has 1 unspecified atom stereocenters. The summed E-state index contributed by atoms with van der Waals surface area (Å²) in [5, 5.41) is -2.34. The van der Waals surface area contributed by atoms with Crippen molar-refractivity contribution in [3.8, 4) is 0 Å². The van der Waals surface area contributed by atoms with Gasteiger partial charge in [0.2, 0.25) is 25.6 Å². The topological polar surface area (TPSA) is 133 Å². The van der Waals surface area contributed by atoms with Crippen LogP contribution in [0.15, 0.2) is 70.5 Å². The van der Waals surface area contributed by atoms with Crippen LogP contribution in [-0.4, -0.2) is 41.1 Å². The van der Waals surface area contributed by atoms with Gasteiger partial charge < -0.3 is 9.05 Å². The van der Waals surface area contributed by atoms with E-state index in [2.05, 4.69) is 4.72 Å². The van der Waals surface area contributed by atoms with E-state index >= 15 is 0 Å². The highest BCUT2D eigenvalue weighted by Gasteiger charge is 2.58. The van der Waals surface area contributed by atoms with Gasteiger partial charge in [0.05, 0.1) is 23.4 Å². The molecule has 2 aromatic carbocycles. The molecule has 0 amide bonds. The maximum atomic E-state index is 14.5. The van der Waals surface area contributed by atoms with Crippen molar-refractivity contribution in [2.24, 2.45) is 0 Å². The summed E-state index contributed by atoms with van der Waals surface area (Å²) in [6, 6.07) is 13.0. The highest BCUT2D eigenvalue weighted by molar-refractivity contribution is 7.96. The molecule has 0 spiro atoms. The van der Waals surface area contributed by atoms with Gasteiger partial charge in [0.25, 0.3) is 0 Å². The first kappa shape index (κ1) is 27.4. The number of nitrogens with one attached hydrogen (secondary N) is 1. The molecule has 1 N–H and O–H groups in total. The van der Waals surface area contributed by atoms with Crippen molar-refractivity contribution >= 4 is 33.2 Å². The third kappa shape index (κ3) is 5.35. The van der Waals surface area contributed by atoms with Crippen molar-refractivity contribution in [2.75, 3.05) is 6.26 Å². The summed E-state index contributed by atoms with van der Waals surface area (Å²) in [5.41, 5.74) is -0.173. The molecule has 0 saturated heterocycles. The fraction of sp³-hybridized carbons (Fsp3) is 0.348. The fourth-order valence-corrected chi connectivity index (χ4v) is 9.29. The maximum absolute atomic E-state index is 14.5. The first-order valence-corrected chi connectivity index (χ1v) is 15.7. The number of carbonyl (C=O) groups excluding carboxylic acids is 1. The number of sulfone groups is 1. The van der Waals surface area contributed by atoms with Gasteiger partial charge in [-0.2, -0.15) is 4.72 Å². The molecule has 9 nitrogen and oxygen atoms in total. The Balaban J connectivity index is 2.50. The number of carbonyl (C=O) groups is 1. The van der Waals surface area contributed by atoms with Gasteiger partial charge >= 0.3 is 7.60 Å². The van der Waals surface area contributed by atoms with Crippen LogP contribution in [0.5, 0.6) is 0 Å². The van der Waals surface area contributed by atoms with Crippen LogP contribution in [0.1, 0.15) is 43.6 Å². The first-order chi connectivity index (χ1) is 16.1. The van der Waals surface area contributed by atoms with Gasteiger partial charge in [0.15, 0.2) is 5.28 Å². The Morgan fingerprint density at radius 2 is 1.37 bits per heavy atom. The quantitative estimate of drug-likeness (QED) is 0.471. The second kappa shape index (κ2) is 9.72. The van der Waals surface area contributed by atoms with Crippen LogP contribution in [-0.2, 0) is 38.8 Å². The van der Waals surface area contributed by atoms with Gasteiger partial charge in [0.1, 0.15) is 4.91 Å². The Kier molecular flexibility index (Phi) is 7.63. The van der Waals surface area contributed by atoms with Gasteiger partial charge in [-0.05, 0) is 45.9 Å². The fourth-order valence-electron chi connectivity index (χ4n) is 3.80. The molecular formula is C23H28NO8PS2. The summed E-state index contributed by atoms with van der Waals surface area (Å²) in [5.74, 6) is -0.865. The minimum atomic E-state index is -4.58. The zero-order valence-electron chi connectivity index (χ0n) is 20.0. The standard InChI is InChI=1S/C23H28NO8PS2/c1-16(2)31-33(26,32-17(3)4)23(24-34(5,27)28)15-21(22(25)19-13-9-10-14-20(19)23)35(29,30)18-11-7-6-8-12-18/h6-17,24H,1-5H3. The van der Waals surface area contributed by atoms with Crippen molar-refractivity contribution in [1.29, 1.82) is 0 Å². The number of benzene rings is 2. The van der Waals surface area contributed by atoms with E-state index in [-0.39, 0.29) is 16.0 Å². The van der Waals surface area contributed by atoms with E-state index in [1.807, 2.05) is 0 Å². The van der Waals surface area contributed by atoms with Gasteiger partial charge in [-0.25, -0.2) is 16.8 Å². The van der Waals surface area contributed by atoms with E-state index in [4.69, 9.17) is 9.05 Å². The second-order valence-corrected chi connectivity index (χ2v) is 14.4. The molecule has 0 heterocycles. The Morgan fingerprint density at radius 3 is 1.89 bits per heavy atom. The van der Waals surface area contributed by atoms with Crippen LogP contribution in [0.4, 0.5) is 0 Å². The van der Waals surface area contributed by atoms with E-state index in [9.17, 15) is 26.2 Å². The molecule has 0 fully saturated rings. The number of sulfonamides is 1. The molecule has 1 aliphatic carbocycles. The maximum Gasteiger partial charge on any atom is 0.360 e. The molecule has 3 rings (SSSR count). The lowest BCUT2D eigenvalue weighted by atomic mass is 9.92. The van der Waals surface area contributed by atoms with Crippen molar-refractivity contribution in [2.45, 2.75) is 50.1 Å². The molecule has 1 atom stereocenters. The summed E-state index contributed by atoms with van der Waals surface area (Å²) in [6.45, 7) is 6.32. The molecule has 12 heteroatoms. The lowest BCUT2D eigenvalue weighted by Crippen LogP contribution is -2.48. The van der Waals surface area contributed by atoms with Gasteiger partial charge in [0, 0.05) is 11.1 Å². The predicted molar refractivity (Wildman–Crippen MR) is 132 cm³/mol. The van der Waals surface area contributed by atoms with E-state index in [0.717, 1.165) is 12.3 Å². The van der Waals surface area contributed by atoms with Crippen LogP contribution in [0.2, 0.25) is 0 Å². The summed E-state index contributed by atoms with van der Waals surface area (Å²) >= 11 is 0. The largest absolute Gasteiger partial charge is 0.360 e. The van der Waals surface area contributed by atoms with Crippen molar-refractivity contribution < 1.29 is 35.2 Å². The van der Waals surface area contributed by atoms with E-state index in [1.54, 1.807) is 33.8 Å². The normalized spacial score (nSPS) is 19.1. The van der Waals surface area contributed by atoms with Crippen LogP contribution in [0.3, 0.4) is 0 Å².